The lowest BCUT2D eigenvalue weighted by Gasteiger charge is -2.36. The number of nitrogens with zero attached hydrogens (tertiary/aromatic N) is 4. The van der Waals surface area contributed by atoms with E-state index in [4.69, 9.17) is 16.3 Å². The number of piperazine rings is 1. The molecule has 5 rings (SSSR count). The average Bonchev–Trinajstić information content (AvgIpc) is 2.78. The second kappa shape index (κ2) is 8.65. The molecule has 0 unspecified atom stereocenters. The number of amidine groups is 1. The summed E-state index contributed by atoms with van der Waals surface area (Å²) in [6, 6.07) is 5.43. The number of hydrogen-bond donors (Lipinski definition) is 2. The van der Waals surface area contributed by atoms with Crippen LogP contribution in [0.1, 0.15) is 12.5 Å². The lowest BCUT2D eigenvalue weighted by Crippen LogP contribution is -2.54. The molecule has 2 aromatic carbocycles. The minimum atomic E-state index is -0.636. The maximum absolute atomic E-state index is 14.9. The number of ether oxygens (including phenoxy) is 1. The zero-order valence-electron chi connectivity index (χ0n) is 19.2. The van der Waals surface area contributed by atoms with Crippen LogP contribution in [0.15, 0.2) is 29.3 Å². The lowest BCUT2D eigenvalue weighted by atomic mass is 9.96. The predicted molar refractivity (Wildman–Crippen MR) is 128 cm³/mol. The number of benzene rings is 2. The molecule has 8 nitrogen and oxygen atoms in total. The summed E-state index contributed by atoms with van der Waals surface area (Å²) in [7, 11) is 3.80. The molecule has 3 aliphatic rings. The van der Waals surface area contributed by atoms with Gasteiger partial charge in [0.25, 0.3) is 5.84 Å². The number of carbonyl (C=O) groups excluding carboxylic acids is 1. The van der Waals surface area contributed by atoms with Gasteiger partial charge in [-0.1, -0.05) is 17.7 Å². The summed E-state index contributed by atoms with van der Waals surface area (Å²) < 4.78 is 22.6. The van der Waals surface area contributed by atoms with Crippen molar-refractivity contribution >= 4 is 34.9 Å². The van der Waals surface area contributed by atoms with Gasteiger partial charge in [-0.25, -0.2) is 4.39 Å². The molecule has 1 atom stereocenters. The Morgan fingerprint density at radius 3 is 2.88 bits per heavy atom. The Morgan fingerprint density at radius 1 is 1.38 bits per heavy atom. The van der Waals surface area contributed by atoms with Crippen LogP contribution in [0.2, 0.25) is 5.02 Å². The quantitative estimate of drug-likeness (QED) is 0.649. The molecule has 2 aromatic rings. The molecular formula is C24H26ClFN5O3+. The van der Waals surface area contributed by atoms with Gasteiger partial charge in [-0.2, -0.15) is 9.37 Å². The normalized spacial score (nSPS) is 19.8. The minimum absolute atomic E-state index is 0.0617. The van der Waals surface area contributed by atoms with Crippen LogP contribution < -0.4 is 10.1 Å². The van der Waals surface area contributed by atoms with E-state index in [1.54, 1.807) is 10.6 Å². The third-order valence-corrected chi connectivity index (χ3v) is 6.58. The van der Waals surface area contributed by atoms with E-state index in [0.29, 0.717) is 35.9 Å². The van der Waals surface area contributed by atoms with E-state index in [1.807, 2.05) is 19.0 Å². The highest BCUT2D eigenvalue weighted by Gasteiger charge is 2.45. The van der Waals surface area contributed by atoms with Crippen molar-refractivity contribution in [3.63, 3.8) is 0 Å². The van der Waals surface area contributed by atoms with Gasteiger partial charge in [-0.15, -0.1) is 0 Å². The fraction of sp³-hybridized carbons (Fsp3) is 0.375. The zero-order valence-corrected chi connectivity index (χ0v) is 20.0. The van der Waals surface area contributed by atoms with Crippen molar-refractivity contribution in [3.05, 3.63) is 40.7 Å². The van der Waals surface area contributed by atoms with Crippen molar-refractivity contribution in [3.8, 4) is 22.6 Å². The van der Waals surface area contributed by atoms with E-state index in [9.17, 15) is 14.3 Å². The minimum Gasteiger partial charge on any atom is -0.507 e. The number of urea groups is 1. The fourth-order valence-electron chi connectivity index (χ4n) is 4.81. The van der Waals surface area contributed by atoms with E-state index < -0.39 is 11.8 Å². The van der Waals surface area contributed by atoms with E-state index >= 15 is 0 Å². The van der Waals surface area contributed by atoms with Gasteiger partial charge in [0.15, 0.2) is 11.4 Å². The Labute approximate surface area is 201 Å². The van der Waals surface area contributed by atoms with Crippen LogP contribution in [0.25, 0.3) is 11.1 Å². The molecule has 0 aromatic heterocycles. The molecule has 178 valence electrons. The third kappa shape index (κ3) is 3.64. The monoisotopic (exact) mass is 486 g/mol. The van der Waals surface area contributed by atoms with Gasteiger partial charge < -0.3 is 25.0 Å². The summed E-state index contributed by atoms with van der Waals surface area (Å²) >= 11 is 6.73. The van der Waals surface area contributed by atoms with Gasteiger partial charge in [0, 0.05) is 30.7 Å². The van der Waals surface area contributed by atoms with Crippen LogP contribution in [0.3, 0.4) is 0 Å². The van der Waals surface area contributed by atoms with Crippen molar-refractivity contribution in [1.82, 2.24) is 15.1 Å². The number of halogens is 2. The highest BCUT2D eigenvalue weighted by atomic mass is 35.5. The molecule has 3 aliphatic heterocycles. The SMILES string of the molecule is C[C@H]1CNCCN1C1=NC(=O)[N+]2=C(CN(C)C)COc3c(-c4c(O)cccc4F)c(Cl)cc1c32. The Kier molecular flexibility index (Phi) is 5.79. The first kappa shape index (κ1) is 22.8. The van der Waals surface area contributed by atoms with Gasteiger partial charge in [-0.3, -0.25) is 0 Å². The number of rotatable bonds is 3. The number of carbonyl (C=O) groups is 1. The molecule has 2 N–H and O–H groups in total. The number of hydrogen-bond acceptors (Lipinski definition) is 6. The lowest BCUT2D eigenvalue weighted by molar-refractivity contribution is -0.340. The molecule has 3 heterocycles. The molecule has 1 saturated heterocycles. The highest BCUT2D eigenvalue weighted by molar-refractivity contribution is 6.35. The van der Waals surface area contributed by atoms with Gasteiger partial charge in [0.05, 0.1) is 28.3 Å². The number of phenolic OH excluding ortho intramolecular Hbond substituents is 1. The second-order valence-electron chi connectivity index (χ2n) is 8.99. The van der Waals surface area contributed by atoms with Gasteiger partial charge in [0.1, 0.15) is 23.9 Å². The molecule has 0 saturated carbocycles. The van der Waals surface area contributed by atoms with Crippen LogP contribution >= 0.6 is 11.6 Å². The molecule has 10 heteroatoms. The summed E-state index contributed by atoms with van der Waals surface area (Å²) in [6.07, 6.45) is 0. The maximum Gasteiger partial charge on any atom is 0.547 e. The Hall–Kier alpha value is -3.01. The average molecular weight is 487 g/mol. The number of phenols is 1. The highest BCUT2D eigenvalue weighted by Crippen LogP contribution is 2.51. The summed E-state index contributed by atoms with van der Waals surface area (Å²) in [6.45, 7) is 4.82. The maximum atomic E-state index is 14.9. The summed E-state index contributed by atoms with van der Waals surface area (Å²) in [5.74, 6) is -0.118. The molecule has 1 fully saturated rings. The molecule has 2 amide bonds. The van der Waals surface area contributed by atoms with E-state index in [1.165, 1.54) is 18.2 Å². The molecule has 0 aliphatic carbocycles. The third-order valence-electron chi connectivity index (χ3n) is 6.28. The van der Waals surface area contributed by atoms with Crippen molar-refractivity contribution < 1.29 is 23.6 Å². The molecular weight excluding hydrogens is 461 g/mol. The van der Waals surface area contributed by atoms with Crippen LogP contribution in [0, 0.1) is 5.82 Å². The largest absolute Gasteiger partial charge is 0.547 e. The van der Waals surface area contributed by atoms with Gasteiger partial charge >= 0.3 is 6.03 Å². The Bertz CT molecular complexity index is 1240. The van der Waals surface area contributed by atoms with Crippen molar-refractivity contribution in [1.29, 1.82) is 0 Å². The van der Waals surface area contributed by atoms with Crippen molar-refractivity contribution in [2.45, 2.75) is 13.0 Å². The molecule has 0 spiro atoms. The zero-order chi connectivity index (χ0) is 24.1. The first-order chi connectivity index (χ1) is 16.3. The van der Waals surface area contributed by atoms with E-state index in [-0.39, 0.29) is 40.3 Å². The van der Waals surface area contributed by atoms with Crippen molar-refractivity contribution in [2.75, 3.05) is 46.9 Å². The fourth-order valence-corrected chi connectivity index (χ4v) is 5.10. The first-order valence-electron chi connectivity index (χ1n) is 11.1. The number of aromatic hydroxyl groups is 1. The smallest absolute Gasteiger partial charge is 0.507 e. The predicted octanol–water partition coefficient (Wildman–Crippen LogP) is 3.06. The van der Waals surface area contributed by atoms with Crippen LogP contribution in [0.5, 0.6) is 11.5 Å². The Morgan fingerprint density at radius 2 is 2.18 bits per heavy atom. The second-order valence-corrected chi connectivity index (χ2v) is 9.39. The van der Waals surface area contributed by atoms with Crippen LogP contribution in [-0.2, 0) is 0 Å². The number of amides is 2. The first-order valence-corrected chi connectivity index (χ1v) is 11.5. The van der Waals surface area contributed by atoms with Crippen LogP contribution in [0.4, 0.5) is 14.9 Å². The van der Waals surface area contributed by atoms with E-state index in [2.05, 4.69) is 22.1 Å². The van der Waals surface area contributed by atoms with Gasteiger partial charge in [-0.05, 0) is 39.2 Å². The standard InChI is InChI=1S/C24H25ClFN5O3/c1-13-10-27-7-8-30(13)23-15-9-16(25)19(20-17(26)5-4-6-18(20)32)22-21(15)31(24(33)28-23)14(12-34-22)11-29(2)3/h4-6,9,13,27H,7-8,10-12H2,1-3H3/p+1/t13-/m0/s1. The number of aliphatic imine (C=N–C) groups is 1. The van der Waals surface area contributed by atoms with Gasteiger partial charge in [0.2, 0.25) is 0 Å². The van der Waals surface area contributed by atoms with E-state index in [0.717, 1.165) is 13.1 Å². The summed E-state index contributed by atoms with van der Waals surface area (Å²) in [4.78, 5) is 21.9. The molecule has 0 radical (unpaired) electrons. The van der Waals surface area contributed by atoms with Crippen molar-refractivity contribution in [2.24, 2.45) is 4.99 Å². The molecule has 34 heavy (non-hydrogen) atoms. The Balaban J connectivity index is 1.81. The topological polar surface area (TPSA) is 80.4 Å². The number of nitrogens with one attached hydrogen (secondary N) is 1. The molecule has 0 bridgehead atoms. The summed E-state index contributed by atoms with van der Waals surface area (Å²) in [5, 5.41) is 14.1. The van der Waals surface area contributed by atoms with Crippen LogP contribution in [-0.4, -0.2) is 90.0 Å². The summed E-state index contributed by atoms with van der Waals surface area (Å²) in [5.41, 5.74) is 1.99.